The van der Waals surface area contributed by atoms with E-state index in [1.807, 2.05) is 24.3 Å². The number of hydrogen-bond donors (Lipinski definition) is 4. The Balaban J connectivity index is 1.62. The molecule has 7 heteroatoms. The van der Waals surface area contributed by atoms with Gasteiger partial charge in [0, 0.05) is 31.1 Å². The molecule has 0 unspecified atom stereocenters. The normalized spacial score (nSPS) is 10.3. The topological polar surface area (TPSA) is 101 Å². The smallest absolute Gasteiger partial charge is 0.269 e. The van der Waals surface area contributed by atoms with Gasteiger partial charge >= 0.3 is 0 Å². The molecule has 0 saturated heterocycles. The summed E-state index contributed by atoms with van der Waals surface area (Å²) in [6, 6.07) is 16.9. The Morgan fingerprint density at radius 3 is 2.55 bits per heavy atom. The highest BCUT2D eigenvalue weighted by molar-refractivity contribution is 5.92. The Morgan fingerprint density at radius 1 is 1.03 bits per heavy atom. The Morgan fingerprint density at radius 2 is 1.79 bits per heavy atom. The van der Waals surface area contributed by atoms with Crippen LogP contribution < -0.4 is 26.4 Å². The minimum Gasteiger partial charge on any atom is -0.457 e. The minimum atomic E-state index is -0.272. The van der Waals surface area contributed by atoms with Crippen LogP contribution in [0.15, 0.2) is 60.8 Å². The maximum atomic E-state index is 11.7. The molecule has 1 amide bonds. The third-order valence-corrected chi connectivity index (χ3v) is 4.41. The van der Waals surface area contributed by atoms with Gasteiger partial charge in [-0.25, -0.2) is 0 Å². The number of nitrogens with two attached hydrogens (primary N) is 1. The standard InChI is InChI=1S/C22H25N5O2/c1-3-15-6-4-5-7-19(15)26-14-27-20-9-8-16(12-18(20)23)29-17-10-11-25-21(13-17)22(28)24-2/h4-13,26-27H,3,14,23H2,1-2H3,(H,24,28). The van der Waals surface area contributed by atoms with Crippen LogP contribution in [-0.2, 0) is 6.42 Å². The molecule has 0 bridgehead atoms. The van der Waals surface area contributed by atoms with E-state index in [-0.39, 0.29) is 11.6 Å². The number of nitrogen functional groups attached to an aromatic ring is 1. The number of amides is 1. The van der Waals surface area contributed by atoms with Crippen LogP contribution in [0.4, 0.5) is 17.1 Å². The van der Waals surface area contributed by atoms with Gasteiger partial charge in [0.15, 0.2) is 0 Å². The molecule has 3 aromatic rings. The van der Waals surface area contributed by atoms with Crippen LogP contribution in [0.2, 0.25) is 0 Å². The lowest BCUT2D eigenvalue weighted by atomic mass is 10.1. The molecule has 2 aromatic carbocycles. The SMILES string of the molecule is CCc1ccccc1NCNc1ccc(Oc2ccnc(C(=O)NC)c2)cc1N. The summed E-state index contributed by atoms with van der Waals surface area (Å²) in [6.07, 6.45) is 2.49. The zero-order valence-electron chi connectivity index (χ0n) is 16.5. The fourth-order valence-electron chi connectivity index (χ4n) is 2.86. The Labute approximate surface area is 170 Å². The van der Waals surface area contributed by atoms with E-state index < -0.39 is 0 Å². The molecule has 3 rings (SSSR count). The zero-order valence-corrected chi connectivity index (χ0v) is 16.5. The molecule has 0 radical (unpaired) electrons. The summed E-state index contributed by atoms with van der Waals surface area (Å²) < 4.78 is 5.81. The average Bonchev–Trinajstić information content (AvgIpc) is 2.75. The molecule has 0 aliphatic carbocycles. The van der Waals surface area contributed by atoms with Gasteiger partial charge < -0.3 is 26.4 Å². The number of aryl methyl sites for hydroxylation is 1. The second-order valence-electron chi connectivity index (χ2n) is 6.35. The number of para-hydroxylation sites is 1. The third kappa shape index (κ3) is 5.16. The third-order valence-electron chi connectivity index (χ3n) is 4.41. The molecular weight excluding hydrogens is 366 g/mol. The van der Waals surface area contributed by atoms with Gasteiger partial charge in [-0.2, -0.15) is 0 Å². The van der Waals surface area contributed by atoms with Gasteiger partial charge in [0.25, 0.3) is 5.91 Å². The van der Waals surface area contributed by atoms with Gasteiger partial charge in [0.1, 0.15) is 17.2 Å². The van der Waals surface area contributed by atoms with Crippen LogP contribution in [0.25, 0.3) is 0 Å². The van der Waals surface area contributed by atoms with Crippen molar-refractivity contribution >= 4 is 23.0 Å². The molecule has 0 atom stereocenters. The van der Waals surface area contributed by atoms with Crippen LogP contribution in [0.5, 0.6) is 11.5 Å². The summed E-state index contributed by atoms with van der Waals surface area (Å²) in [5.74, 6) is 0.814. The van der Waals surface area contributed by atoms with Gasteiger partial charge in [-0.1, -0.05) is 25.1 Å². The van der Waals surface area contributed by atoms with Crippen molar-refractivity contribution in [3.8, 4) is 11.5 Å². The first-order valence-corrected chi connectivity index (χ1v) is 9.42. The first-order chi connectivity index (χ1) is 14.1. The van der Waals surface area contributed by atoms with Crippen molar-refractivity contribution in [2.24, 2.45) is 0 Å². The lowest BCUT2D eigenvalue weighted by molar-refractivity contribution is 0.0958. The summed E-state index contributed by atoms with van der Waals surface area (Å²) >= 11 is 0. The number of pyridine rings is 1. The number of nitrogens with zero attached hydrogens (tertiary/aromatic N) is 1. The first-order valence-electron chi connectivity index (χ1n) is 9.42. The molecule has 0 saturated carbocycles. The van der Waals surface area contributed by atoms with Gasteiger partial charge in [-0.15, -0.1) is 0 Å². The lowest BCUT2D eigenvalue weighted by Gasteiger charge is -2.15. The number of nitrogens with one attached hydrogen (secondary N) is 3. The fraction of sp³-hybridized carbons (Fsp3) is 0.182. The molecule has 0 aliphatic rings. The van der Waals surface area contributed by atoms with E-state index >= 15 is 0 Å². The largest absolute Gasteiger partial charge is 0.457 e. The highest BCUT2D eigenvalue weighted by Crippen LogP contribution is 2.28. The van der Waals surface area contributed by atoms with Crippen molar-refractivity contribution in [3.63, 3.8) is 0 Å². The van der Waals surface area contributed by atoms with Crippen LogP contribution >= 0.6 is 0 Å². The zero-order chi connectivity index (χ0) is 20.6. The molecule has 150 valence electrons. The second kappa shape index (κ2) is 9.45. The number of ether oxygens (including phenoxy) is 1. The minimum absolute atomic E-state index is 0.272. The second-order valence-corrected chi connectivity index (χ2v) is 6.35. The van der Waals surface area contributed by atoms with Crippen LogP contribution in [0.3, 0.4) is 0 Å². The van der Waals surface area contributed by atoms with E-state index in [4.69, 9.17) is 10.5 Å². The van der Waals surface area contributed by atoms with Crippen LogP contribution in [-0.4, -0.2) is 24.6 Å². The van der Waals surface area contributed by atoms with Gasteiger partial charge in [0.2, 0.25) is 0 Å². The molecule has 0 aliphatic heterocycles. The Kier molecular flexibility index (Phi) is 6.52. The van der Waals surface area contributed by atoms with E-state index in [0.717, 1.165) is 17.8 Å². The lowest BCUT2D eigenvalue weighted by Crippen LogP contribution is -2.18. The summed E-state index contributed by atoms with van der Waals surface area (Å²) in [5.41, 5.74) is 10.2. The average molecular weight is 391 g/mol. The monoisotopic (exact) mass is 391 g/mol. The Bertz CT molecular complexity index is 990. The number of rotatable bonds is 8. The predicted molar refractivity (Wildman–Crippen MR) is 116 cm³/mol. The molecular formula is C22H25N5O2. The summed E-state index contributed by atoms with van der Waals surface area (Å²) in [7, 11) is 1.56. The molecule has 1 heterocycles. The molecule has 5 N–H and O–H groups in total. The predicted octanol–water partition coefficient (Wildman–Crippen LogP) is 3.86. The maximum absolute atomic E-state index is 11.7. The molecule has 0 spiro atoms. The number of aromatic nitrogens is 1. The number of carbonyl (C=O) groups is 1. The first kappa shape index (κ1) is 20.0. The number of hydrogen-bond acceptors (Lipinski definition) is 6. The highest BCUT2D eigenvalue weighted by Gasteiger charge is 2.08. The summed E-state index contributed by atoms with van der Waals surface area (Å²) in [5, 5.41) is 9.19. The van der Waals surface area contributed by atoms with Crippen LogP contribution in [0, 0.1) is 0 Å². The molecule has 29 heavy (non-hydrogen) atoms. The van der Waals surface area contributed by atoms with E-state index in [2.05, 4.69) is 40.0 Å². The van der Waals surface area contributed by atoms with E-state index in [1.54, 1.807) is 25.2 Å². The maximum Gasteiger partial charge on any atom is 0.269 e. The van der Waals surface area contributed by atoms with Crippen molar-refractivity contribution in [1.29, 1.82) is 0 Å². The van der Waals surface area contributed by atoms with Gasteiger partial charge in [-0.3, -0.25) is 9.78 Å². The van der Waals surface area contributed by atoms with Crippen molar-refractivity contribution in [1.82, 2.24) is 10.3 Å². The number of anilines is 3. The van der Waals surface area contributed by atoms with Gasteiger partial charge in [0.05, 0.1) is 18.0 Å². The summed E-state index contributed by atoms with van der Waals surface area (Å²) in [4.78, 5) is 15.7. The van der Waals surface area contributed by atoms with Crippen molar-refractivity contribution in [2.45, 2.75) is 13.3 Å². The molecule has 0 fully saturated rings. The molecule has 1 aromatic heterocycles. The van der Waals surface area contributed by atoms with Crippen LogP contribution in [0.1, 0.15) is 23.0 Å². The van der Waals surface area contributed by atoms with Crippen molar-refractivity contribution in [3.05, 3.63) is 72.1 Å². The van der Waals surface area contributed by atoms with Crippen molar-refractivity contribution < 1.29 is 9.53 Å². The van der Waals surface area contributed by atoms with E-state index in [1.165, 1.54) is 11.8 Å². The van der Waals surface area contributed by atoms with E-state index in [0.29, 0.717) is 23.9 Å². The fourth-order valence-corrected chi connectivity index (χ4v) is 2.86. The number of carbonyl (C=O) groups excluding carboxylic acids is 1. The Hall–Kier alpha value is -3.74. The van der Waals surface area contributed by atoms with Crippen molar-refractivity contribution in [2.75, 3.05) is 30.1 Å². The van der Waals surface area contributed by atoms with E-state index in [9.17, 15) is 4.79 Å². The molecule has 7 nitrogen and oxygen atoms in total. The summed E-state index contributed by atoms with van der Waals surface area (Å²) in [6.45, 7) is 2.67. The quantitative estimate of drug-likeness (QED) is 0.344. The number of benzene rings is 2. The van der Waals surface area contributed by atoms with Gasteiger partial charge in [-0.05, 0) is 36.2 Å². The highest BCUT2D eigenvalue weighted by atomic mass is 16.5.